The van der Waals surface area contributed by atoms with E-state index in [4.69, 9.17) is 0 Å². The van der Waals surface area contributed by atoms with Crippen LogP contribution in [0.1, 0.15) is 46.5 Å². The Labute approximate surface area is 76.9 Å². The van der Waals surface area contributed by atoms with Crippen molar-refractivity contribution in [2.24, 2.45) is 11.8 Å². The summed E-state index contributed by atoms with van der Waals surface area (Å²) in [6, 6.07) is 0.723. The van der Waals surface area contributed by atoms with Crippen LogP contribution in [0.5, 0.6) is 0 Å². The molecule has 1 aliphatic carbocycles. The Bertz CT molecular complexity index is 118. The van der Waals surface area contributed by atoms with E-state index in [1.165, 1.54) is 32.2 Å². The van der Waals surface area contributed by atoms with Gasteiger partial charge in [-0.25, -0.2) is 0 Å². The average molecular weight is 169 g/mol. The quantitative estimate of drug-likeness (QED) is 0.644. The molecule has 1 fully saturated rings. The fourth-order valence-corrected chi connectivity index (χ4v) is 1.89. The van der Waals surface area contributed by atoms with Crippen molar-refractivity contribution in [2.45, 2.75) is 52.5 Å². The molecule has 0 spiro atoms. The summed E-state index contributed by atoms with van der Waals surface area (Å²) >= 11 is 0. The first-order valence-corrected chi connectivity index (χ1v) is 5.47. The van der Waals surface area contributed by atoms with Crippen molar-refractivity contribution in [2.75, 3.05) is 6.54 Å². The summed E-state index contributed by atoms with van der Waals surface area (Å²) in [6.07, 6.45) is 5.59. The van der Waals surface area contributed by atoms with Crippen molar-refractivity contribution >= 4 is 0 Å². The van der Waals surface area contributed by atoms with Crippen LogP contribution >= 0.6 is 0 Å². The summed E-state index contributed by atoms with van der Waals surface area (Å²) < 4.78 is 0. The highest BCUT2D eigenvalue weighted by molar-refractivity contribution is 4.80. The molecular weight excluding hydrogens is 146 g/mol. The van der Waals surface area contributed by atoms with Gasteiger partial charge in [0.25, 0.3) is 0 Å². The highest BCUT2D eigenvalue weighted by atomic mass is 14.9. The smallest absolute Gasteiger partial charge is 0.00413 e. The second-order valence-corrected chi connectivity index (χ2v) is 4.41. The predicted molar refractivity (Wildman–Crippen MR) is 54.3 cm³/mol. The van der Waals surface area contributed by atoms with Crippen molar-refractivity contribution < 1.29 is 0 Å². The third kappa shape index (κ3) is 3.57. The normalized spacial score (nSPS) is 22.2. The molecule has 0 heterocycles. The molecule has 1 aliphatic rings. The van der Waals surface area contributed by atoms with E-state index in [-0.39, 0.29) is 0 Å². The molecule has 2 unspecified atom stereocenters. The van der Waals surface area contributed by atoms with Gasteiger partial charge in [0.2, 0.25) is 0 Å². The zero-order valence-corrected chi connectivity index (χ0v) is 8.77. The molecule has 0 saturated heterocycles. The van der Waals surface area contributed by atoms with Gasteiger partial charge in [0, 0.05) is 6.04 Å². The van der Waals surface area contributed by atoms with Crippen LogP contribution in [0.25, 0.3) is 0 Å². The van der Waals surface area contributed by atoms with Gasteiger partial charge in [0.05, 0.1) is 0 Å². The molecule has 0 aromatic heterocycles. The largest absolute Gasteiger partial charge is 0.314 e. The molecule has 0 aromatic carbocycles. The predicted octanol–water partition coefficient (Wildman–Crippen LogP) is 2.81. The van der Waals surface area contributed by atoms with Gasteiger partial charge < -0.3 is 5.32 Å². The standard InChI is InChI=1S/C11H23N/c1-4-7-12-10(3)8-9(2)11-5-6-11/h9-12H,4-8H2,1-3H3. The van der Waals surface area contributed by atoms with Crippen molar-refractivity contribution in [3.8, 4) is 0 Å². The minimum atomic E-state index is 0.723. The highest BCUT2D eigenvalue weighted by Gasteiger charge is 2.28. The SMILES string of the molecule is CCCNC(C)CC(C)C1CC1. The summed E-state index contributed by atoms with van der Waals surface area (Å²) in [7, 11) is 0. The zero-order chi connectivity index (χ0) is 8.97. The maximum Gasteiger partial charge on any atom is 0.00413 e. The molecule has 0 amide bonds. The Hall–Kier alpha value is -0.0400. The van der Waals surface area contributed by atoms with Gasteiger partial charge in [0.15, 0.2) is 0 Å². The first-order chi connectivity index (χ1) is 5.74. The second-order valence-electron chi connectivity index (χ2n) is 4.41. The Balaban J connectivity index is 2.03. The molecule has 0 bridgehead atoms. The molecule has 1 N–H and O–H groups in total. The van der Waals surface area contributed by atoms with Crippen LogP contribution in [-0.4, -0.2) is 12.6 Å². The van der Waals surface area contributed by atoms with E-state index in [9.17, 15) is 0 Å². The fraction of sp³-hybridized carbons (Fsp3) is 1.00. The molecule has 2 atom stereocenters. The van der Waals surface area contributed by atoms with E-state index >= 15 is 0 Å². The molecule has 0 radical (unpaired) electrons. The van der Waals surface area contributed by atoms with Gasteiger partial charge in [-0.05, 0) is 51.0 Å². The Morgan fingerprint density at radius 3 is 2.50 bits per heavy atom. The molecule has 1 saturated carbocycles. The lowest BCUT2D eigenvalue weighted by Crippen LogP contribution is -2.28. The number of hydrogen-bond acceptors (Lipinski definition) is 1. The van der Waals surface area contributed by atoms with Crippen LogP contribution in [-0.2, 0) is 0 Å². The first-order valence-electron chi connectivity index (χ1n) is 5.47. The molecular formula is C11H23N. The van der Waals surface area contributed by atoms with Crippen LogP contribution < -0.4 is 5.32 Å². The second kappa shape index (κ2) is 4.86. The van der Waals surface area contributed by atoms with E-state index in [0.717, 1.165) is 17.9 Å². The number of hydrogen-bond donors (Lipinski definition) is 1. The summed E-state index contributed by atoms with van der Waals surface area (Å²) in [5.74, 6) is 2.01. The average Bonchev–Trinajstić information content (AvgIpc) is 2.82. The lowest BCUT2D eigenvalue weighted by molar-refractivity contribution is 0.389. The monoisotopic (exact) mass is 169 g/mol. The van der Waals surface area contributed by atoms with Gasteiger partial charge in [-0.3, -0.25) is 0 Å². The van der Waals surface area contributed by atoms with Crippen molar-refractivity contribution in [3.63, 3.8) is 0 Å². The van der Waals surface area contributed by atoms with Crippen molar-refractivity contribution in [1.82, 2.24) is 5.32 Å². The minimum Gasteiger partial charge on any atom is -0.314 e. The van der Waals surface area contributed by atoms with E-state index in [1.807, 2.05) is 0 Å². The van der Waals surface area contributed by atoms with Crippen LogP contribution in [0.2, 0.25) is 0 Å². The van der Waals surface area contributed by atoms with Gasteiger partial charge in [0.1, 0.15) is 0 Å². The summed E-state index contributed by atoms with van der Waals surface area (Å²) in [5.41, 5.74) is 0. The van der Waals surface area contributed by atoms with Gasteiger partial charge in [-0.15, -0.1) is 0 Å². The lowest BCUT2D eigenvalue weighted by Gasteiger charge is -2.17. The Kier molecular flexibility index (Phi) is 4.07. The molecule has 1 nitrogen and oxygen atoms in total. The Morgan fingerprint density at radius 1 is 1.33 bits per heavy atom. The summed E-state index contributed by atoms with van der Waals surface area (Å²) in [4.78, 5) is 0. The molecule has 1 rings (SSSR count). The van der Waals surface area contributed by atoms with Crippen LogP contribution in [0.4, 0.5) is 0 Å². The van der Waals surface area contributed by atoms with Gasteiger partial charge >= 0.3 is 0 Å². The minimum absolute atomic E-state index is 0.723. The molecule has 12 heavy (non-hydrogen) atoms. The van der Waals surface area contributed by atoms with Crippen LogP contribution in [0, 0.1) is 11.8 Å². The van der Waals surface area contributed by atoms with E-state index in [2.05, 4.69) is 26.1 Å². The maximum atomic E-state index is 3.55. The zero-order valence-electron chi connectivity index (χ0n) is 8.77. The molecule has 1 heteroatoms. The molecule has 0 aromatic rings. The van der Waals surface area contributed by atoms with Gasteiger partial charge in [-0.2, -0.15) is 0 Å². The van der Waals surface area contributed by atoms with E-state index < -0.39 is 0 Å². The van der Waals surface area contributed by atoms with Gasteiger partial charge in [-0.1, -0.05) is 13.8 Å². The maximum absolute atomic E-state index is 3.55. The van der Waals surface area contributed by atoms with E-state index in [1.54, 1.807) is 0 Å². The topological polar surface area (TPSA) is 12.0 Å². The molecule has 72 valence electrons. The Morgan fingerprint density at radius 2 is 2.00 bits per heavy atom. The van der Waals surface area contributed by atoms with Crippen molar-refractivity contribution in [1.29, 1.82) is 0 Å². The van der Waals surface area contributed by atoms with Crippen LogP contribution in [0.15, 0.2) is 0 Å². The van der Waals surface area contributed by atoms with E-state index in [0.29, 0.717) is 0 Å². The van der Waals surface area contributed by atoms with Crippen LogP contribution in [0.3, 0.4) is 0 Å². The van der Waals surface area contributed by atoms with Crippen molar-refractivity contribution in [3.05, 3.63) is 0 Å². The third-order valence-corrected chi connectivity index (χ3v) is 2.89. The fourth-order valence-electron chi connectivity index (χ4n) is 1.89. The highest BCUT2D eigenvalue weighted by Crippen LogP contribution is 2.38. The number of nitrogens with one attached hydrogen (secondary N) is 1. The third-order valence-electron chi connectivity index (χ3n) is 2.89. The molecule has 0 aliphatic heterocycles. The summed E-state index contributed by atoms with van der Waals surface area (Å²) in [5, 5.41) is 3.55. The summed E-state index contributed by atoms with van der Waals surface area (Å²) in [6.45, 7) is 8.12. The lowest BCUT2D eigenvalue weighted by atomic mass is 9.98. The number of rotatable bonds is 6. The first kappa shape index (κ1) is 10.0.